The summed E-state index contributed by atoms with van der Waals surface area (Å²) in [7, 11) is 0. The standard InChI is InChI=1S/C9H18N2O2/c1-9(2,8(12)13)7-11-5-3-10-4-6-11/h10H,3-7H2,1-2H3,(H,12,13). The van der Waals surface area contributed by atoms with E-state index in [1.807, 2.05) is 0 Å². The van der Waals surface area contributed by atoms with E-state index < -0.39 is 11.4 Å². The molecule has 0 unspecified atom stereocenters. The van der Waals surface area contributed by atoms with Gasteiger partial charge in [-0.3, -0.25) is 9.69 Å². The molecule has 0 aromatic carbocycles. The number of carboxylic acid groups (broad SMARTS) is 1. The first-order valence-corrected chi connectivity index (χ1v) is 4.69. The first-order chi connectivity index (χ1) is 6.02. The molecule has 13 heavy (non-hydrogen) atoms. The lowest BCUT2D eigenvalue weighted by atomic mass is 9.93. The number of carboxylic acids is 1. The lowest BCUT2D eigenvalue weighted by Crippen LogP contribution is -2.48. The van der Waals surface area contributed by atoms with E-state index in [-0.39, 0.29) is 0 Å². The molecule has 0 aromatic heterocycles. The fourth-order valence-electron chi connectivity index (χ4n) is 1.50. The van der Waals surface area contributed by atoms with Crippen molar-refractivity contribution >= 4 is 5.97 Å². The van der Waals surface area contributed by atoms with Crippen LogP contribution in [0, 0.1) is 5.41 Å². The Bertz CT molecular complexity index is 186. The maximum atomic E-state index is 10.9. The zero-order valence-electron chi connectivity index (χ0n) is 8.34. The van der Waals surface area contributed by atoms with Crippen molar-refractivity contribution < 1.29 is 9.90 Å². The number of nitrogens with one attached hydrogen (secondary N) is 1. The molecule has 0 spiro atoms. The van der Waals surface area contributed by atoms with Crippen LogP contribution in [0.4, 0.5) is 0 Å². The average molecular weight is 186 g/mol. The van der Waals surface area contributed by atoms with Gasteiger partial charge in [-0.1, -0.05) is 0 Å². The molecule has 4 heteroatoms. The monoisotopic (exact) mass is 186 g/mol. The third-order valence-electron chi connectivity index (χ3n) is 2.41. The van der Waals surface area contributed by atoms with Gasteiger partial charge in [-0.2, -0.15) is 0 Å². The minimum atomic E-state index is -0.717. The highest BCUT2D eigenvalue weighted by Gasteiger charge is 2.29. The van der Waals surface area contributed by atoms with Crippen molar-refractivity contribution in [3.05, 3.63) is 0 Å². The van der Waals surface area contributed by atoms with Gasteiger partial charge < -0.3 is 10.4 Å². The Labute approximate surface area is 78.9 Å². The van der Waals surface area contributed by atoms with Gasteiger partial charge in [-0.05, 0) is 13.8 Å². The number of hydrogen-bond donors (Lipinski definition) is 2. The predicted octanol–water partition coefficient (Wildman–Crippen LogP) is 0.00240. The van der Waals surface area contributed by atoms with Crippen molar-refractivity contribution in [2.75, 3.05) is 32.7 Å². The van der Waals surface area contributed by atoms with Gasteiger partial charge in [0.15, 0.2) is 0 Å². The largest absolute Gasteiger partial charge is 0.481 e. The van der Waals surface area contributed by atoms with Crippen molar-refractivity contribution in [3.8, 4) is 0 Å². The van der Waals surface area contributed by atoms with Gasteiger partial charge in [0.25, 0.3) is 0 Å². The van der Waals surface area contributed by atoms with Gasteiger partial charge in [-0.25, -0.2) is 0 Å². The van der Waals surface area contributed by atoms with E-state index >= 15 is 0 Å². The highest BCUT2D eigenvalue weighted by atomic mass is 16.4. The van der Waals surface area contributed by atoms with Gasteiger partial charge in [0, 0.05) is 32.7 Å². The van der Waals surface area contributed by atoms with E-state index in [4.69, 9.17) is 5.11 Å². The molecule has 0 bridgehead atoms. The zero-order chi connectivity index (χ0) is 9.90. The Kier molecular flexibility index (Phi) is 3.27. The lowest BCUT2D eigenvalue weighted by Gasteiger charge is -2.32. The van der Waals surface area contributed by atoms with Gasteiger partial charge in [-0.15, -0.1) is 0 Å². The Morgan fingerprint density at radius 1 is 1.46 bits per heavy atom. The fourth-order valence-corrected chi connectivity index (χ4v) is 1.50. The van der Waals surface area contributed by atoms with E-state index in [0.29, 0.717) is 6.54 Å². The summed E-state index contributed by atoms with van der Waals surface area (Å²) in [6.07, 6.45) is 0. The van der Waals surface area contributed by atoms with Crippen LogP contribution in [0.3, 0.4) is 0 Å². The summed E-state index contributed by atoms with van der Waals surface area (Å²) in [4.78, 5) is 13.1. The Balaban J connectivity index is 2.41. The summed E-state index contributed by atoms with van der Waals surface area (Å²) in [5, 5.41) is 12.2. The van der Waals surface area contributed by atoms with Gasteiger partial charge in [0.1, 0.15) is 0 Å². The molecular weight excluding hydrogens is 168 g/mol. The molecule has 0 amide bonds. The van der Waals surface area contributed by atoms with Crippen molar-refractivity contribution in [1.82, 2.24) is 10.2 Å². The first-order valence-electron chi connectivity index (χ1n) is 4.69. The molecule has 1 rings (SSSR count). The molecule has 4 nitrogen and oxygen atoms in total. The van der Waals surface area contributed by atoms with Gasteiger partial charge in [0.05, 0.1) is 5.41 Å². The van der Waals surface area contributed by atoms with E-state index in [2.05, 4.69) is 10.2 Å². The van der Waals surface area contributed by atoms with Crippen LogP contribution in [-0.2, 0) is 4.79 Å². The second-order valence-corrected chi connectivity index (χ2v) is 4.22. The minimum Gasteiger partial charge on any atom is -0.481 e. The summed E-state index contributed by atoms with van der Waals surface area (Å²) in [5.41, 5.74) is -0.628. The molecule has 0 atom stereocenters. The smallest absolute Gasteiger partial charge is 0.310 e. The third kappa shape index (κ3) is 2.97. The summed E-state index contributed by atoms with van der Waals surface area (Å²) in [5.74, 6) is -0.717. The topological polar surface area (TPSA) is 52.6 Å². The van der Waals surface area contributed by atoms with Crippen LogP contribution in [-0.4, -0.2) is 48.7 Å². The van der Waals surface area contributed by atoms with E-state index in [1.54, 1.807) is 13.8 Å². The predicted molar refractivity (Wildman–Crippen MR) is 50.7 cm³/mol. The Morgan fingerprint density at radius 3 is 2.46 bits per heavy atom. The molecular formula is C9H18N2O2. The summed E-state index contributed by atoms with van der Waals surface area (Å²) >= 11 is 0. The molecule has 1 fully saturated rings. The molecule has 2 N–H and O–H groups in total. The van der Waals surface area contributed by atoms with Gasteiger partial charge >= 0.3 is 5.97 Å². The number of rotatable bonds is 3. The maximum Gasteiger partial charge on any atom is 0.310 e. The van der Waals surface area contributed by atoms with Crippen molar-refractivity contribution in [2.45, 2.75) is 13.8 Å². The Hall–Kier alpha value is -0.610. The molecule has 76 valence electrons. The molecule has 1 saturated heterocycles. The van der Waals surface area contributed by atoms with Crippen molar-refractivity contribution in [1.29, 1.82) is 0 Å². The maximum absolute atomic E-state index is 10.9. The quantitative estimate of drug-likeness (QED) is 0.651. The number of nitrogens with zero attached hydrogens (tertiary/aromatic N) is 1. The molecule has 0 aromatic rings. The van der Waals surface area contributed by atoms with Crippen molar-refractivity contribution in [2.24, 2.45) is 5.41 Å². The molecule has 1 heterocycles. The van der Waals surface area contributed by atoms with Crippen LogP contribution < -0.4 is 5.32 Å². The van der Waals surface area contributed by atoms with Crippen molar-refractivity contribution in [3.63, 3.8) is 0 Å². The molecule has 0 aliphatic carbocycles. The Morgan fingerprint density at radius 2 is 2.00 bits per heavy atom. The lowest BCUT2D eigenvalue weighted by molar-refractivity contribution is -0.148. The summed E-state index contributed by atoms with van der Waals surface area (Å²) in [6.45, 7) is 8.04. The van der Waals surface area contributed by atoms with Crippen LogP contribution in [0.1, 0.15) is 13.8 Å². The number of piperazine rings is 1. The number of carbonyl (C=O) groups is 1. The number of aliphatic carboxylic acids is 1. The second-order valence-electron chi connectivity index (χ2n) is 4.22. The summed E-state index contributed by atoms with van der Waals surface area (Å²) in [6, 6.07) is 0. The highest BCUT2D eigenvalue weighted by Crippen LogP contribution is 2.17. The summed E-state index contributed by atoms with van der Waals surface area (Å²) < 4.78 is 0. The zero-order valence-corrected chi connectivity index (χ0v) is 8.34. The van der Waals surface area contributed by atoms with Crippen LogP contribution in [0.2, 0.25) is 0 Å². The fraction of sp³-hybridized carbons (Fsp3) is 0.889. The second kappa shape index (κ2) is 4.07. The minimum absolute atomic E-state index is 0.628. The molecule has 0 radical (unpaired) electrons. The highest BCUT2D eigenvalue weighted by molar-refractivity contribution is 5.73. The van der Waals surface area contributed by atoms with E-state index in [9.17, 15) is 4.79 Å². The van der Waals surface area contributed by atoms with Crippen LogP contribution in [0.25, 0.3) is 0 Å². The molecule has 0 saturated carbocycles. The van der Waals surface area contributed by atoms with E-state index in [0.717, 1.165) is 26.2 Å². The third-order valence-corrected chi connectivity index (χ3v) is 2.41. The number of hydrogen-bond acceptors (Lipinski definition) is 3. The van der Waals surface area contributed by atoms with E-state index in [1.165, 1.54) is 0 Å². The molecule has 1 aliphatic rings. The van der Waals surface area contributed by atoms with Gasteiger partial charge in [0.2, 0.25) is 0 Å². The first kappa shape index (κ1) is 10.5. The SMILES string of the molecule is CC(C)(CN1CCNCC1)C(=O)O. The average Bonchev–Trinajstić information content (AvgIpc) is 2.05. The molecule has 1 aliphatic heterocycles. The van der Waals surface area contributed by atoms with Crippen LogP contribution >= 0.6 is 0 Å². The normalized spacial score (nSPS) is 20.2. The van der Waals surface area contributed by atoms with Crippen LogP contribution in [0.15, 0.2) is 0 Å². The van der Waals surface area contributed by atoms with Crippen LogP contribution in [0.5, 0.6) is 0 Å².